The van der Waals surface area contributed by atoms with Crippen molar-refractivity contribution in [3.63, 3.8) is 0 Å². The van der Waals surface area contributed by atoms with Crippen LogP contribution in [0.4, 0.5) is 4.39 Å². The third kappa shape index (κ3) is 2.12. The van der Waals surface area contributed by atoms with Gasteiger partial charge in [0, 0.05) is 11.7 Å². The van der Waals surface area contributed by atoms with Crippen LogP contribution in [0.2, 0.25) is 0 Å². The van der Waals surface area contributed by atoms with Crippen molar-refractivity contribution < 1.29 is 4.39 Å². The quantitative estimate of drug-likeness (QED) is 0.794. The Hall–Kier alpha value is -1.56. The molecule has 0 aliphatic rings. The normalized spacial score (nSPS) is 11.8. The van der Waals surface area contributed by atoms with Crippen LogP contribution in [0.1, 0.15) is 20.8 Å². The lowest BCUT2D eigenvalue weighted by Gasteiger charge is -2.22. The fourth-order valence-electron chi connectivity index (χ4n) is 1.66. The van der Waals surface area contributed by atoms with Crippen LogP contribution >= 0.6 is 12.2 Å². The van der Waals surface area contributed by atoms with Gasteiger partial charge in [0.1, 0.15) is 0 Å². The molecule has 90 valence electrons. The summed E-state index contributed by atoms with van der Waals surface area (Å²) in [4.78, 5) is 3.72. The van der Waals surface area contributed by atoms with Gasteiger partial charge in [-0.2, -0.15) is 5.10 Å². The molecule has 0 aromatic carbocycles. The molecule has 2 aromatic heterocycles. The molecule has 2 aromatic rings. The summed E-state index contributed by atoms with van der Waals surface area (Å²) in [6, 6.07) is 1.59. The van der Waals surface area contributed by atoms with E-state index in [-0.39, 0.29) is 5.54 Å². The molecule has 0 amide bonds. The van der Waals surface area contributed by atoms with E-state index in [9.17, 15) is 4.39 Å². The van der Waals surface area contributed by atoms with E-state index in [0.29, 0.717) is 16.2 Å². The first kappa shape index (κ1) is 11.9. The third-order valence-electron chi connectivity index (χ3n) is 2.36. The average molecular weight is 252 g/mol. The maximum atomic E-state index is 13.7. The zero-order chi connectivity index (χ0) is 12.6. The predicted octanol–water partition coefficient (Wildman–Crippen LogP) is 2.90. The molecule has 0 atom stereocenters. The summed E-state index contributed by atoms with van der Waals surface area (Å²) in [6.45, 7) is 5.96. The Morgan fingerprint density at radius 1 is 1.41 bits per heavy atom. The number of nitrogens with one attached hydrogen (secondary N) is 1. The maximum Gasteiger partial charge on any atom is 0.195 e. The average Bonchev–Trinajstić information content (AvgIpc) is 2.60. The SMILES string of the molecule is CC(C)(C)n1c(-c2ccncc2F)n[nH]c1=S. The highest BCUT2D eigenvalue weighted by molar-refractivity contribution is 7.71. The Bertz CT molecular complexity index is 594. The van der Waals surface area contributed by atoms with Gasteiger partial charge in [-0.1, -0.05) is 0 Å². The summed E-state index contributed by atoms with van der Waals surface area (Å²) in [5, 5.41) is 6.79. The molecule has 0 unspecified atom stereocenters. The van der Waals surface area contributed by atoms with E-state index in [0.717, 1.165) is 0 Å². The van der Waals surface area contributed by atoms with Gasteiger partial charge in [-0.25, -0.2) is 4.39 Å². The van der Waals surface area contributed by atoms with Crippen LogP contribution < -0.4 is 0 Å². The minimum absolute atomic E-state index is 0.269. The van der Waals surface area contributed by atoms with Crippen molar-refractivity contribution in [2.45, 2.75) is 26.3 Å². The standard InChI is InChI=1S/C11H13FN4S/c1-11(2,3)16-9(14-15-10(16)17)7-4-5-13-6-8(7)12/h4-6H,1-3H3,(H,15,17). The van der Waals surface area contributed by atoms with Crippen molar-refractivity contribution in [1.82, 2.24) is 19.7 Å². The number of pyridine rings is 1. The van der Waals surface area contributed by atoms with Gasteiger partial charge in [-0.3, -0.25) is 14.6 Å². The predicted molar refractivity (Wildman–Crippen MR) is 65.6 cm³/mol. The fourth-order valence-corrected chi connectivity index (χ4v) is 2.06. The van der Waals surface area contributed by atoms with Gasteiger partial charge in [0.2, 0.25) is 0 Å². The van der Waals surface area contributed by atoms with E-state index in [1.807, 2.05) is 20.8 Å². The molecule has 0 radical (unpaired) electrons. The third-order valence-corrected chi connectivity index (χ3v) is 2.63. The Morgan fingerprint density at radius 2 is 2.12 bits per heavy atom. The van der Waals surface area contributed by atoms with Crippen LogP contribution in [0.5, 0.6) is 0 Å². The van der Waals surface area contributed by atoms with Crippen LogP contribution in [0.15, 0.2) is 18.5 Å². The van der Waals surface area contributed by atoms with E-state index in [2.05, 4.69) is 15.2 Å². The number of hydrogen-bond donors (Lipinski definition) is 1. The number of aromatic amines is 1. The molecule has 4 nitrogen and oxygen atoms in total. The summed E-state index contributed by atoms with van der Waals surface area (Å²) in [6.07, 6.45) is 2.70. The van der Waals surface area contributed by atoms with Crippen molar-refractivity contribution >= 4 is 12.2 Å². The summed E-state index contributed by atoms with van der Waals surface area (Å²) in [5.74, 6) is 0.0781. The lowest BCUT2D eigenvalue weighted by atomic mass is 10.1. The molecule has 2 heterocycles. The number of H-pyrrole nitrogens is 1. The number of nitrogens with zero attached hydrogens (tertiary/aromatic N) is 3. The van der Waals surface area contributed by atoms with E-state index in [1.54, 1.807) is 10.6 Å². The van der Waals surface area contributed by atoms with E-state index < -0.39 is 5.82 Å². The second kappa shape index (κ2) is 4.03. The first-order chi connectivity index (χ1) is 7.91. The van der Waals surface area contributed by atoms with Gasteiger partial charge in [0.05, 0.1) is 11.8 Å². The lowest BCUT2D eigenvalue weighted by Crippen LogP contribution is -2.23. The zero-order valence-corrected chi connectivity index (χ0v) is 10.7. The molecule has 2 rings (SSSR count). The monoisotopic (exact) mass is 252 g/mol. The van der Waals surface area contributed by atoms with Crippen LogP contribution in [0.3, 0.4) is 0 Å². The first-order valence-electron chi connectivity index (χ1n) is 5.19. The van der Waals surface area contributed by atoms with Crippen LogP contribution in [0.25, 0.3) is 11.4 Å². The molecule has 0 saturated heterocycles. The lowest BCUT2D eigenvalue weighted by molar-refractivity contribution is 0.395. The molecule has 0 aliphatic carbocycles. The van der Waals surface area contributed by atoms with Crippen molar-refractivity contribution in [2.24, 2.45) is 0 Å². The van der Waals surface area contributed by atoms with Gasteiger partial charge in [-0.15, -0.1) is 0 Å². The number of rotatable bonds is 1. The van der Waals surface area contributed by atoms with Gasteiger partial charge in [0.25, 0.3) is 0 Å². The second-order valence-electron chi connectivity index (χ2n) is 4.71. The highest BCUT2D eigenvalue weighted by Gasteiger charge is 2.21. The van der Waals surface area contributed by atoms with Crippen LogP contribution in [0, 0.1) is 10.6 Å². The maximum absolute atomic E-state index is 13.7. The minimum Gasteiger partial charge on any atom is -0.295 e. The molecule has 0 fully saturated rings. The fraction of sp³-hybridized carbons (Fsp3) is 0.364. The molecule has 6 heteroatoms. The summed E-state index contributed by atoms with van der Waals surface area (Å²) in [5.41, 5.74) is 0.122. The van der Waals surface area contributed by atoms with Crippen molar-refractivity contribution in [1.29, 1.82) is 0 Å². The van der Waals surface area contributed by atoms with Crippen LogP contribution in [-0.4, -0.2) is 19.7 Å². The van der Waals surface area contributed by atoms with Gasteiger partial charge in [-0.05, 0) is 39.1 Å². The van der Waals surface area contributed by atoms with E-state index in [1.165, 1.54) is 12.4 Å². The van der Waals surface area contributed by atoms with Gasteiger partial charge < -0.3 is 0 Å². The summed E-state index contributed by atoms with van der Waals surface area (Å²) in [7, 11) is 0. The number of hydrogen-bond acceptors (Lipinski definition) is 3. The largest absolute Gasteiger partial charge is 0.295 e. The molecular formula is C11H13FN4S. The molecule has 0 saturated carbocycles. The highest BCUT2D eigenvalue weighted by atomic mass is 32.1. The van der Waals surface area contributed by atoms with Crippen molar-refractivity contribution in [2.75, 3.05) is 0 Å². The molecule has 0 aliphatic heterocycles. The van der Waals surface area contributed by atoms with Gasteiger partial charge in [0.15, 0.2) is 16.4 Å². The number of halogens is 1. The first-order valence-corrected chi connectivity index (χ1v) is 5.60. The Kier molecular flexibility index (Phi) is 2.82. The van der Waals surface area contributed by atoms with Crippen LogP contribution in [-0.2, 0) is 5.54 Å². The molecule has 0 bridgehead atoms. The number of aromatic nitrogens is 4. The second-order valence-corrected chi connectivity index (χ2v) is 5.10. The molecular weight excluding hydrogens is 239 g/mol. The summed E-state index contributed by atoms with van der Waals surface area (Å²) >= 11 is 5.17. The van der Waals surface area contributed by atoms with Gasteiger partial charge >= 0.3 is 0 Å². The van der Waals surface area contributed by atoms with Crippen molar-refractivity contribution in [3.05, 3.63) is 29.0 Å². The smallest absolute Gasteiger partial charge is 0.195 e. The Labute approximate surface area is 104 Å². The summed E-state index contributed by atoms with van der Waals surface area (Å²) < 4.78 is 16.0. The van der Waals surface area contributed by atoms with E-state index in [4.69, 9.17) is 12.2 Å². The molecule has 1 N–H and O–H groups in total. The molecule has 17 heavy (non-hydrogen) atoms. The highest BCUT2D eigenvalue weighted by Crippen LogP contribution is 2.25. The van der Waals surface area contributed by atoms with Crippen molar-refractivity contribution in [3.8, 4) is 11.4 Å². The zero-order valence-electron chi connectivity index (χ0n) is 9.86. The molecule has 0 spiro atoms. The van der Waals surface area contributed by atoms with E-state index >= 15 is 0 Å². The topological polar surface area (TPSA) is 46.5 Å². The Morgan fingerprint density at radius 3 is 2.71 bits per heavy atom. The Balaban J connectivity index is 2.71. The minimum atomic E-state index is -0.410.